The van der Waals surface area contributed by atoms with Gasteiger partial charge in [-0.15, -0.1) is 5.10 Å². The van der Waals surface area contributed by atoms with Gasteiger partial charge in [-0.2, -0.15) is 4.98 Å². The van der Waals surface area contributed by atoms with Crippen LogP contribution in [0.4, 0.5) is 0 Å². The SMILES string of the molecule is Cc1cc(C)n2nc(CCc3nc(-c4ccccc4)cn3C[C@@H](C)O)nc2n1. The van der Waals surface area contributed by atoms with E-state index in [1.807, 2.05) is 61.0 Å². The summed E-state index contributed by atoms with van der Waals surface area (Å²) >= 11 is 0. The zero-order valence-electron chi connectivity index (χ0n) is 16.4. The van der Waals surface area contributed by atoms with Crippen LogP contribution in [-0.4, -0.2) is 40.3 Å². The lowest BCUT2D eigenvalue weighted by atomic mass is 10.2. The maximum atomic E-state index is 9.86. The van der Waals surface area contributed by atoms with Crippen molar-refractivity contribution in [3.05, 3.63) is 65.6 Å². The molecule has 0 aliphatic carbocycles. The van der Waals surface area contributed by atoms with Crippen LogP contribution < -0.4 is 0 Å². The molecule has 1 aromatic carbocycles. The second-order valence-electron chi connectivity index (χ2n) is 7.19. The minimum Gasteiger partial charge on any atom is -0.392 e. The fraction of sp³-hybridized carbons (Fsp3) is 0.333. The Morgan fingerprint density at radius 2 is 1.82 bits per heavy atom. The van der Waals surface area contributed by atoms with Crippen LogP contribution in [0.25, 0.3) is 17.0 Å². The molecule has 3 heterocycles. The van der Waals surface area contributed by atoms with Gasteiger partial charge in [0.2, 0.25) is 0 Å². The maximum Gasteiger partial charge on any atom is 0.252 e. The van der Waals surface area contributed by atoms with Gasteiger partial charge in [0.1, 0.15) is 5.82 Å². The molecule has 3 aromatic heterocycles. The lowest BCUT2D eigenvalue weighted by Crippen LogP contribution is -2.14. The molecule has 4 rings (SSSR count). The van der Waals surface area contributed by atoms with Gasteiger partial charge in [-0.05, 0) is 26.8 Å². The summed E-state index contributed by atoms with van der Waals surface area (Å²) in [6.07, 6.45) is 2.91. The second kappa shape index (κ2) is 7.52. The maximum absolute atomic E-state index is 9.86. The Hall–Kier alpha value is -3.06. The highest BCUT2D eigenvalue weighted by atomic mass is 16.3. The van der Waals surface area contributed by atoms with E-state index in [1.165, 1.54) is 0 Å². The Morgan fingerprint density at radius 1 is 1.04 bits per heavy atom. The number of benzene rings is 1. The summed E-state index contributed by atoms with van der Waals surface area (Å²) in [7, 11) is 0. The third kappa shape index (κ3) is 3.80. The van der Waals surface area contributed by atoms with E-state index in [1.54, 1.807) is 11.4 Å². The predicted octanol–water partition coefficient (Wildman–Crippen LogP) is 2.77. The predicted molar refractivity (Wildman–Crippen MR) is 107 cm³/mol. The quantitative estimate of drug-likeness (QED) is 0.560. The summed E-state index contributed by atoms with van der Waals surface area (Å²) in [5.74, 6) is 2.29. The first-order valence-electron chi connectivity index (χ1n) is 9.49. The van der Waals surface area contributed by atoms with Gasteiger partial charge >= 0.3 is 0 Å². The van der Waals surface area contributed by atoms with Crippen LogP contribution >= 0.6 is 0 Å². The molecule has 0 fully saturated rings. The largest absolute Gasteiger partial charge is 0.392 e. The van der Waals surface area contributed by atoms with Crippen LogP contribution in [0.15, 0.2) is 42.6 Å². The van der Waals surface area contributed by atoms with E-state index in [2.05, 4.69) is 15.1 Å². The Labute approximate surface area is 163 Å². The van der Waals surface area contributed by atoms with Gasteiger partial charge < -0.3 is 9.67 Å². The molecule has 0 amide bonds. The molecule has 4 aromatic rings. The van der Waals surface area contributed by atoms with E-state index in [0.29, 0.717) is 25.2 Å². The topological polar surface area (TPSA) is 81.1 Å². The van der Waals surface area contributed by atoms with Gasteiger partial charge in [-0.3, -0.25) is 0 Å². The molecule has 0 bridgehead atoms. The van der Waals surface area contributed by atoms with Crippen LogP contribution in [0.2, 0.25) is 0 Å². The highest BCUT2D eigenvalue weighted by Crippen LogP contribution is 2.19. The summed E-state index contributed by atoms with van der Waals surface area (Å²) in [6, 6.07) is 12.1. The van der Waals surface area contributed by atoms with Gasteiger partial charge in [0.25, 0.3) is 5.78 Å². The van der Waals surface area contributed by atoms with E-state index in [0.717, 1.165) is 34.3 Å². The van der Waals surface area contributed by atoms with E-state index >= 15 is 0 Å². The standard InChI is InChI=1S/C21H24N6O/c1-14-11-15(2)27-21(22-14)24-19(25-27)9-10-20-23-18(13-26(20)12-16(3)28)17-7-5-4-6-8-17/h4-8,11,13,16,28H,9-10,12H2,1-3H3/t16-/m1/s1. The molecule has 0 aliphatic heterocycles. The van der Waals surface area contributed by atoms with E-state index in [-0.39, 0.29) is 0 Å². The average Bonchev–Trinajstić information content (AvgIpc) is 3.24. The number of aryl methyl sites for hydroxylation is 4. The normalized spacial score (nSPS) is 12.6. The molecule has 144 valence electrons. The number of rotatable bonds is 6. The van der Waals surface area contributed by atoms with Crippen LogP contribution in [0.3, 0.4) is 0 Å². The summed E-state index contributed by atoms with van der Waals surface area (Å²) in [5, 5.41) is 14.4. The number of fused-ring (bicyclic) bond motifs is 1. The molecule has 28 heavy (non-hydrogen) atoms. The summed E-state index contributed by atoms with van der Waals surface area (Å²) in [6.45, 7) is 6.25. The molecule has 0 aliphatic rings. The van der Waals surface area contributed by atoms with Crippen molar-refractivity contribution in [1.29, 1.82) is 0 Å². The van der Waals surface area contributed by atoms with Crippen molar-refractivity contribution in [2.45, 2.75) is 46.3 Å². The third-order valence-electron chi connectivity index (χ3n) is 4.62. The Morgan fingerprint density at radius 3 is 2.57 bits per heavy atom. The Balaban J connectivity index is 1.60. The van der Waals surface area contributed by atoms with Crippen molar-refractivity contribution in [2.24, 2.45) is 0 Å². The van der Waals surface area contributed by atoms with Gasteiger partial charge in [0.05, 0.1) is 11.8 Å². The zero-order chi connectivity index (χ0) is 19.7. The van der Waals surface area contributed by atoms with Crippen LogP contribution in [0, 0.1) is 13.8 Å². The van der Waals surface area contributed by atoms with Gasteiger partial charge in [-0.25, -0.2) is 14.5 Å². The molecule has 1 atom stereocenters. The van der Waals surface area contributed by atoms with Crippen molar-refractivity contribution >= 4 is 5.78 Å². The minimum atomic E-state index is -0.445. The summed E-state index contributed by atoms with van der Waals surface area (Å²) < 4.78 is 3.80. The van der Waals surface area contributed by atoms with Crippen LogP contribution in [0.5, 0.6) is 0 Å². The molecule has 0 spiro atoms. The number of aromatic nitrogens is 6. The number of hydrogen-bond donors (Lipinski definition) is 1. The number of nitrogens with zero attached hydrogens (tertiary/aromatic N) is 6. The van der Waals surface area contributed by atoms with E-state index < -0.39 is 6.10 Å². The average molecular weight is 376 g/mol. The van der Waals surface area contributed by atoms with Crippen LogP contribution in [0.1, 0.15) is 30.0 Å². The van der Waals surface area contributed by atoms with Crippen molar-refractivity contribution in [3.63, 3.8) is 0 Å². The van der Waals surface area contributed by atoms with Crippen molar-refractivity contribution in [3.8, 4) is 11.3 Å². The lowest BCUT2D eigenvalue weighted by molar-refractivity contribution is 0.172. The smallest absolute Gasteiger partial charge is 0.252 e. The summed E-state index contributed by atoms with van der Waals surface area (Å²) in [4.78, 5) is 13.8. The first-order valence-corrected chi connectivity index (χ1v) is 9.49. The molecular formula is C21H24N6O. The summed E-state index contributed by atoms with van der Waals surface area (Å²) in [5.41, 5.74) is 3.92. The second-order valence-corrected chi connectivity index (χ2v) is 7.19. The van der Waals surface area contributed by atoms with Crippen LogP contribution in [-0.2, 0) is 19.4 Å². The fourth-order valence-corrected chi connectivity index (χ4v) is 3.38. The van der Waals surface area contributed by atoms with Gasteiger partial charge in [-0.1, -0.05) is 30.3 Å². The molecule has 0 saturated heterocycles. The first-order chi connectivity index (χ1) is 13.5. The Kier molecular flexibility index (Phi) is 4.92. The molecular weight excluding hydrogens is 352 g/mol. The highest BCUT2D eigenvalue weighted by Gasteiger charge is 2.14. The molecule has 0 unspecified atom stereocenters. The highest BCUT2D eigenvalue weighted by molar-refractivity contribution is 5.58. The minimum absolute atomic E-state index is 0.445. The molecule has 7 nitrogen and oxygen atoms in total. The number of aliphatic hydroxyl groups is 1. The molecule has 0 saturated carbocycles. The van der Waals surface area contributed by atoms with Crippen molar-refractivity contribution < 1.29 is 5.11 Å². The third-order valence-corrected chi connectivity index (χ3v) is 4.62. The van der Waals surface area contributed by atoms with E-state index in [4.69, 9.17) is 4.98 Å². The first kappa shape index (κ1) is 18.3. The van der Waals surface area contributed by atoms with Crippen molar-refractivity contribution in [2.75, 3.05) is 0 Å². The number of hydrogen-bond acceptors (Lipinski definition) is 5. The number of imidazole rings is 1. The fourth-order valence-electron chi connectivity index (χ4n) is 3.38. The van der Waals surface area contributed by atoms with E-state index in [9.17, 15) is 5.11 Å². The molecule has 0 radical (unpaired) electrons. The van der Waals surface area contributed by atoms with Gasteiger partial charge in [0, 0.05) is 42.5 Å². The Bertz CT molecular complexity index is 1100. The van der Waals surface area contributed by atoms with Crippen molar-refractivity contribution in [1.82, 2.24) is 29.1 Å². The lowest BCUT2D eigenvalue weighted by Gasteiger charge is -2.08. The molecule has 1 N–H and O–H groups in total. The van der Waals surface area contributed by atoms with Gasteiger partial charge in [0.15, 0.2) is 5.82 Å². The molecule has 7 heteroatoms. The zero-order valence-corrected chi connectivity index (χ0v) is 16.4. The number of aliphatic hydroxyl groups excluding tert-OH is 1. The monoisotopic (exact) mass is 376 g/mol.